The van der Waals surface area contributed by atoms with Gasteiger partial charge in [0, 0.05) is 17.3 Å². The van der Waals surface area contributed by atoms with Crippen LogP contribution in [0.1, 0.15) is 28.9 Å². The standard InChI is InChI=1S/C21H22N6O4/c22-16-5-7-19(28)27(26-21(16)30)25-14-3-1-2-12(8-14)11-31-15-4-6-17-13(9-15)10-18(24-17)20(23)29/h1-4,6,8-10,16,24-25H,5,7,11,22H2,(H2,23,29)(H,26,30). The highest BCUT2D eigenvalue weighted by Crippen LogP contribution is 2.23. The third kappa shape index (κ3) is 4.59. The number of hydrogen-bond acceptors (Lipinski definition) is 6. The first-order valence-corrected chi connectivity index (χ1v) is 9.69. The van der Waals surface area contributed by atoms with Crippen molar-refractivity contribution in [3.63, 3.8) is 0 Å². The monoisotopic (exact) mass is 422 g/mol. The van der Waals surface area contributed by atoms with Gasteiger partial charge in [-0.25, -0.2) is 5.43 Å². The predicted molar refractivity (Wildman–Crippen MR) is 113 cm³/mol. The van der Waals surface area contributed by atoms with E-state index in [-0.39, 0.29) is 18.9 Å². The van der Waals surface area contributed by atoms with Crippen LogP contribution in [-0.2, 0) is 16.2 Å². The van der Waals surface area contributed by atoms with Crippen molar-refractivity contribution in [2.24, 2.45) is 11.5 Å². The fourth-order valence-corrected chi connectivity index (χ4v) is 3.23. The number of rotatable bonds is 6. The van der Waals surface area contributed by atoms with Crippen molar-refractivity contribution in [2.45, 2.75) is 25.5 Å². The van der Waals surface area contributed by atoms with E-state index in [4.69, 9.17) is 16.2 Å². The molecule has 160 valence electrons. The van der Waals surface area contributed by atoms with Gasteiger partial charge in [-0.15, -0.1) is 0 Å². The number of nitrogens with two attached hydrogens (primary N) is 2. The van der Waals surface area contributed by atoms with Crippen LogP contribution in [0.25, 0.3) is 10.9 Å². The molecule has 10 heteroatoms. The third-order valence-corrected chi connectivity index (χ3v) is 4.91. The molecule has 10 nitrogen and oxygen atoms in total. The first-order valence-electron chi connectivity index (χ1n) is 9.69. The number of carbonyl (C=O) groups excluding carboxylic acids is 3. The van der Waals surface area contributed by atoms with Gasteiger partial charge in [0.2, 0.25) is 0 Å². The summed E-state index contributed by atoms with van der Waals surface area (Å²) in [5.41, 5.74) is 19.0. The number of carbonyl (C=O) groups is 3. The highest BCUT2D eigenvalue weighted by atomic mass is 16.5. The zero-order chi connectivity index (χ0) is 22.0. The Morgan fingerprint density at radius 2 is 2.03 bits per heavy atom. The van der Waals surface area contributed by atoms with Gasteiger partial charge < -0.3 is 21.2 Å². The van der Waals surface area contributed by atoms with Crippen LogP contribution in [0.4, 0.5) is 5.69 Å². The number of anilines is 1. The second kappa shape index (κ2) is 8.36. The summed E-state index contributed by atoms with van der Waals surface area (Å²) in [6.07, 6.45) is 0.456. The highest BCUT2D eigenvalue weighted by molar-refractivity contribution is 5.97. The molecule has 0 saturated carbocycles. The summed E-state index contributed by atoms with van der Waals surface area (Å²) in [5.74, 6) is -0.593. The van der Waals surface area contributed by atoms with Gasteiger partial charge in [0.05, 0.1) is 11.7 Å². The van der Waals surface area contributed by atoms with Gasteiger partial charge in [0.1, 0.15) is 18.1 Å². The molecule has 1 aliphatic heterocycles. The van der Waals surface area contributed by atoms with Crippen LogP contribution >= 0.6 is 0 Å². The zero-order valence-corrected chi connectivity index (χ0v) is 16.6. The van der Waals surface area contributed by atoms with Crippen molar-refractivity contribution < 1.29 is 19.1 Å². The molecule has 0 aliphatic carbocycles. The van der Waals surface area contributed by atoms with Gasteiger partial charge in [-0.1, -0.05) is 12.1 Å². The van der Waals surface area contributed by atoms with Crippen molar-refractivity contribution in [3.8, 4) is 5.75 Å². The lowest BCUT2D eigenvalue weighted by Crippen LogP contribution is -2.51. The number of ether oxygens (including phenoxy) is 1. The smallest absolute Gasteiger partial charge is 0.265 e. The number of benzene rings is 2. The Hall–Kier alpha value is -4.05. The number of hydrazine groups is 2. The van der Waals surface area contributed by atoms with E-state index in [0.717, 1.165) is 21.6 Å². The maximum atomic E-state index is 12.2. The van der Waals surface area contributed by atoms with Gasteiger partial charge in [0.15, 0.2) is 0 Å². The number of aromatic amines is 1. The minimum Gasteiger partial charge on any atom is -0.489 e. The summed E-state index contributed by atoms with van der Waals surface area (Å²) in [6, 6.07) is 13.6. The minimum absolute atomic E-state index is 0.162. The van der Waals surface area contributed by atoms with Crippen molar-refractivity contribution in [1.82, 2.24) is 15.5 Å². The molecule has 0 spiro atoms. The number of fused-ring (bicyclic) bond motifs is 1. The van der Waals surface area contributed by atoms with Crippen LogP contribution in [0.5, 0.6) is 5.75 Å². The van der Waals surface area contributed by atoms with E-state index < -0.39 is 17.9 Å². The summed E-state index contributed by atoms with van der Waals surface area (Å²) in [5, 5.41) is 1.88. The number of aromatic nitrogens is 1. The van der Waals surface area contributed by atoms with E-state index in [1.807, 2.05) is 30.3 Å². The maximum Gasteiger partial charge on any atom is 0.265 e. The Labute approximate surface area is 177 Å². The number of nitrogens with one attached hydrogen (secondary N) is 3. The topological polar surface area (TPSA) is 156 Å². The molecular weight excluding hydrogens is 400 g/mol. The van der Waals surface area contributed by atoms with Gasteiger partial charge in [-0.2, -0.15) is 5.12 Å². The molecule has 1 aromatic heterocycles. The van der Waals surface area contributed by atoms with Gasteiger partial charge in [-0.05, 0) is 48.4 Å². The molecule has 31 heavy (non-hydrogen) atoms. The van der Waals surface area contributed by atoms with Gasteiger partial charge in [0.25, 0.3) is 17.7 Å². The number of amides is 3. The fraction of sp³-hybridized carbons (Fsp3) is 0.190. The molecule has 1 atom stereocenters. The molecule has 3 aromatic rings. The quantitative estimate of drug-likeness (QED) is 0.401. The van der Waals surface area contributed by atoms with Crippen molar-refractivity contribution in [2.75, 3.05) is 5.43 Å². The lowest BCUT2D eigenvalue weighted by atomic mass is 10.2. The van der Waals surface area contributed by atoms with Crippen molar-refractivity contribution in [3.05, 3.63) is 59.8 Å². The molecule has 2 heterocycles. The SMILES string of the molecule is NC(=O)c1cc2cc(OCc3cccc(NN4NC(=O)C(N)CCC4=O)c3)ccc2[nH]1. The molecule has 1 fully saturated rings. The zero-order valence-electron chi connectivity index (χ0n) is 16.6. The molecule has 1 unspecified atom stereocenters. The average molecular weight is 422 g/mol. The molecular formula is C21H22N6O4. The molecule has 2 aromatic carbocycles. The predicted octanol–water partition coefficient (Wildman–Crippen LogP) is 1.15. The third-order valence-electron chi connectivity index (χ3n) is 4.91. The Bertz CT molecular complexity index is 1160. The van der Waals surface area contributed by atoms with Gasteiger partial charge in [-0.3, -0.25) is 19.8 Å². The Balaban J connectivity index is 1.42. The summed E-state index contributed by atoms with van der Waals surface area (Å²) in [7, 11) is 0. The lowest BCUT2D eigenvalue weighted by molar-refractivity contribution is -0.137. The average Bonchev–Trinajstić information content (AvgIpc) is 3.14. The molecule has 1 saturated heterocycles. The van der Waals surface area contributed by atoms with E-state index in [1.165, 1.54) is 0 Å². The fourth-order valence-electron chi connectivity index (χ4n) is 3.23. The Morgan fingerprint density at radius 1 is 1.19 bits per heavy atom. The highest BCUT2D eigenvalue weighted by Gasteiger charge is 2.26. The Morgan fingerprint density at radius 3 is 2.84 bits per heavy atom. The lowest BCUT2D eigenvalue weighted by Gasteiger charge is -2.23. The molecule has 1 aliphatic rings. The summed E-state index contributed by atoms with van der Waals surface area (Å²) < 4.78 is 5.86. The number of hydrogen-bond donors (Lipinski definition) is 5. The second-order valence-corrected chi connectivity index (χ2v) is 7.25. The van der Waals surface area contributed by atoms with Crippen LogP contribution in [0.3, 0.4) is 0 Å². The first kappa shape index (κ1) is 20.2. The summed E-state index contributed by atoms with van der Waals surface area (Å²) in [4.78, 5) is 38.4. The Kier molecular flexibility index (Phi) is 5.46. The van der Waals surface area contributed by atoms with E-state index in [9.17, 15) is 14.4 Å². The van der Waals surface area contributed by atoms with Crippen LogP contribution in [0.2, 0.25) is 0 Å². The second-order valence-electron chi connectivity index (χ2n) is 7.25. The van der Waals surface area contributed by atoms with Crippen LogP contribution in [0, 0.1) is 0 Å². The summed E-state index contributed by atoms with van der Waals surface area (Å²) in [6.45, 7) is 0.277. The molecule has 7 N–H and O–H groups in total. The van der Waals surface area contributed by atoms with E-state index >= 15 is 0 Å². The molecule has 0 bridgehead atoms. The summed E-state index contributed by atoms with van der Waals surface area (Å²) >= 11 is 0. The normalized spacial score (nSPS) is 16.7. The van der Waals surface area contributed by atoms with Crippen LogP contribution in [0.15, 0.2) is 48.5 Å². The van der Waals surface area contributed by atoms with Crippen LogP contribution in [-0.4, -0.2) is 33.9 Å². The van der Waals surface area contributed by atoms with Gasteiger partial charge >= 0.3 is 0 Å². The number of nitrogens with zero attached hydrogens (tertiary/aromatic N) is 1. The molecule has 0 radical (unpaired) electrons. The number of H-pyrrole nitrogens is 1. The largest absolute Gasteiger partial charge is 0.489 e. The van der Waals surface area contributed by atoms with Crippen LogP contribution < -0.4 is 27.1 Å². The molecule has 4 rings (SSSR count). The minimum atomic E-state index is -0.716. The van der Waals surface area contributed by atoms with E-state index in [2.05, 4.69) is 15.8 Å². The van der Waals surface area contributed by atoms with Crippen molar-refractivity contribution >= 4 is 34.3 Å². The van der Waals surface area contributed by atoms with E-state index in [1.54, 1.807) is 18.2 Å². The first-order chi connectivity index (χ1) is 14.9. The molecule has 3 amide bonds. The number of primary amides is 1. The van der Waals surface area contributed by atoms with Crippen molar-refractivity contribution in [1.29, 1.82) is 0 Å². The van der Waals surface area contributed by atoms with E-state index in [0.29, 0.717) is 23.6 Å². The maximum absolute atomic E-state index is 12.2.